The number of benzene rings is 1. The highest BCUT2D eigenvalue weighted by molar-refractivity contribution is 7.58. The van der Waals surface area contributed by atoms with E-state index in [-0.39, 0.29) is 10.9 Å². The molecule has 10 heteroatoms. The number of hydrogen-bond acceptors (Lipinski definition) is 5. The minimum atomic E-state index is -0.979. The van der Waals surface area contributed by atoms with Crippen molar-refractivity contribution in [2.75, 3.05) is 5.32 Å². The first-order valence-corrected chi connectivity index (χ1v) is 7.38. The fourth-order valence-corrected chi connectivity index (χ4v) is 3.21. The number of nitrogens with two attached hydrogens (primary N) is 1. The number of carbonyl (C=O) groups is 1. The van der Waals surface area contributed by atoms with Gasteiger partial charge in [0, 0.05) is 0 Å². The first-order valence-electron chi connectivity index (χ1n) is 5.89. The largest absolute Gasteiger partial charge is 0.409 e. The van der Waals surface area contributed by atoms with Gasteiger partial charge in [-0.1, -0.05) is 28.4 Å². The molecule has 0 atom stereocenters. The van der Waals surface area contributed by atoms with E-state index < -0.39 is 11.3 Å². The number of carbonyl (C=O) groups excluding carboxylic acids is 1. The second kappa shape index (κ2) is 4.97. The van der Waals surface area contributed by atoms with Crippen molar-refractivity contribution in [3.8, 4) is 0 Å². The quantitative estimate of drug-likeness (QED) is 0.343. The van der Waals surface area contributed by atoms with E-state index in [4.69, 9.17) is 34.1 Å². The molecule has 1 aliphatic carbocycles. The fourth-order valence-electron chi connectivity index (χ4n) is 2.05. The summed E-state index contributed by atoms with van der Waals surface area (Å²) in [6.45, 7) is 0. The number of anilines is 1. The standard InChI is InChI=1S/C11H9Cl2N5O2S/c12-4-3-5(13)7-8(18-21-17-7)6(4)15-10(19)11(1-2-11)9(14)16-20/h3,20H,1-2H2,(H2,14,16)(H,15,19). The zero-order valence-electron chi connectivity index (χ0n) is 10.4. The van der Waals surface area contributed by atoms with Crippen LogP contribution in [0.1, 0.15) is 12.8 Å². The number of rotatable bonds is 3. The molecule has 4 N–H and O–H groups in total. The molecular formula is C11H9Cl2N5O2S. The maximum absolute atomic E-state index is 12.4. The van der Waals surface area contributed by atoms with Gasteiger partial charge in [0.05, 0.1) is 27.1 Å². The summed E-state index contributed by atoms with van der Waals surface area (Å²) in [6.07, 6.45) is 1.02. The summed E-state index contributed by atoms with van der Waals surface area (Å²) in [5.41, 5.74) is 5.81. The van der Waals surface area contributed by atoms with Crippen LogP contribution in [0.15, 0.2) is 19.9 Å². The maximum atomic E-state index is 12.4. The first-order chi connectivity index (χ1) is 9.99. The van der Waals surface area contributed by atoms with Crippen molar-refractivity contribution in [3.63, 3.8) is 0 Å². The third-order valence-electron chi connectivity index (χ3n) is 3.47. The van der Waals surface area contributed by atoms with E-state index in [0.717, 1.165) is 11.4 Å². The molecule has 0 saturated heterocycles. The predicted octanol–water partition coefficient (Wildman–Crippen LogP) is 3.18. The van der Waals surface area contributed by atoms with Crippen LogP contribution in [-0.2, 0) is 16.1 Å². The lowest BCUT2D eigenvalue weighted by molar-refractivity contribution is -0.119. The van der Waals surface area contributed by atoms with Crippen molar-refractivity contribution in [2.24, 2.45) is 25.0 Å². The van der Waals surface area contributed by atoms with Crippen LogP contribution in [-0.4, -0.2) is 17.0 Å². The van der Waals surface area contributed by atoms with Gasteiger partial charge in [-0.2, -0.15) is 8.73 Å². The summed E-state index contributed by atoms with van der Waals surface area (Å²) in [5, 5.41) is 15.0. The molecule has 0 unspecified atom stereocenters. The number of halogens is 2. The Balaban J connectivity index is 1.96. The molecule has 110 valence electrons. The Labute approximate surface area is 133 Å². The fraction of sp³-hybridized carbons (Fsp3) is 0.273. The Morgan fingerprint density at radius 1 is 1.38 bits per heavy atom. The molecule has 1 aromatic rings. The molecule has 1 aliphatic heterocycles. The van der Waals surface area contributed by atoms with E-state index in [2.05, 4.69) is 19.2 Å². The SMILES string of the molecule is NC(=NO)C1(C(=O)Nc2c(Cl)cc(Cl)c3c2N=S=N3)CC1. The number of fused-ring (bicyclic) bond motifs is 1. The third kappa shape index (κ3) is 2.19. The monoisotopic (exact) mass is 345 g/mol. The van der Waals surface area contributed by atoms with E-state index in [0.29, 0.717) is 34.9 Å². The number of amidine groups is 1. The summed E-state index contributed by atoms with van der Waals surface area (Å²) < 4.78 is 8.15. The van der Waals surface area contributed by atoms with Gasteiger partial charge in [0.25, 0.3) is 0 Å². The summed E-state index contributed by atoms with van der Waals surface area (Å²) >= 11 is 13.1. The van der Waals surface area contributed by atoms with Crippen molar-refractivity contribution < 1.29 is 10.0 Å². The second-order valence-electron chi connectivity index (χ2n) is 4.70. The average Bonchev–Trinajstić information content (AvgIpc) is 3.13. The lowest BCUT2D eigenvalue weighted by Crippen LogP contribution is -2.36. The van der Waals surface area contributed by atoms with Gasteiger partial charge in [-0.25, -0.2) is 0 Å². The van der Waals surface area contributed by atoms with Crippen LogP contribution in [0.4, 0.5) is 17.1 Å². The molecule has 0 aromatic heterocycles. The zero-order chi connectivity index (χ0) is 15.2. The Hall–Kier alpha value is -1.64. The number of amides is 1. The summed E-state index contributed by atoms with van der Waals surface area (Å²) in [7, 11) is 0. The number of nitrogens with one attached hydrogen (secondary N) is 1. The predicted molar refractivity (Wildman–Crippen MR) is 81.7 cm³/mol. The number of nitrogens with zero attached hydrogens (tertiary/aromatic N) is 3. The van der Waals surface area contributed by atoms with Gasteiger partial charge in [-0.15, -0.1) is 0 Å². The van der Waals surface area contributed by atoms with E-state index in [1.807, 2.05) is 0 Å². The molecule has 0 radical (unpaired) electrons. The minimum Gasteiger partial charge on any atom is -0.409 e. The second-order valence-corrected chi connectivity index (χ2v) is 6.04. The van der Waals surface area contributed by atoms with E-state index in [9.17, 15) is 4.79 Å². The molecule has 7 nitrogen and oxygen atoms in total. The minimum absolute atomic E-state index is 0.113. The molecule has 1 heterocycles. The number of hydrogen-bond donors (Lipinski definition) is 3. The molecule has 21 heavy (non-hydrogen) atoms. The van der Waals surface area contributed by atoms with Gasteiger partial charge in [0.1, 0.15) is 16.8 Å². The summed E-state index contributed by atoms with van der Waals surface area (Å²) in [4.78, 5) is 12.4. The first kappa shape index (κ1) is 14.3. The van der Waals surface area contributed by atoms with Crippen molar-refractivity contribution in [2.45, 2.75) is 12.8 Å². The van der Waals surface area contributed by atoms with E-state index in [1.165, 1.54) is 6.07 Å². The molecule has 1 amide bonds. The van der Waals surface area contributed by atoms with Gasteiger partial charge in [0.2, 0.25) is 5.91 Å². The van der Waals surface area contributed by atoms with Crippen LogP contribution >= 0.6 is 23.2 Å². The Morgan fingerprint density at radius 3 is 2.67 bits per heavy atom. The van der Waals surface area contributed by atoms with Crippen molar-refractivity contribution in [1.29, 1.82) is 0 Å². The van der Waals surface area contributed by atoms with E-state index in [1.54, 1.807) is 0 Å². The van der Waals surface area contributed by atoms with Crippen LogP contribution in [0.3, 0.4) is 0 Å². The van der Waals surface area contributed by atoms with Crippen LogP contribution in [0.2, 0.25) is 10.0 Å². The molecule has 1 aromatic carbocycles. The number of oxime groups is 1. The lowest BCUT2D eigenvalue weighted by atomic mass is 10.0. The highest BCUT2D eigenvalue weighted by Crippen LogP contribution is 2.50. The molecule has 1 fully saturated rings. The van der Waals surface area contributed by atoms with E-state index >= 15 is 0 Å². The van der Waals surface area contributed by atoms with Crippen molar-refractivity contribution in [3.05, 3.63) is 16.1 Å². The molecule has 2 aliphatic rings. The normalized spacial score (nSPS) is 18.1. The maximum Gasteiger partial charge on any atom is 0.238 e. The molecular weight excluding hydrogens is 337 g/mol. The molecule has 3 rings (SSSR count). The third-order valence-corrected chi connectivity index (χ3v) is 4.58. The summed E-state index contributed by atoms with van der Waals surface area (Å²) in [5.74, 6) is -0.506. The van der Waals surface area contributed by atoms with Crippen LogP contribution in [0.25, 0.3) is 0 Å². The molecule has 0 spiro atoms. The molecule has 1 saturated carbocycles. The zero-order valence-corrected chi connectivity index (χ0v) is 12.8. The van der Waals surface area contributed by atoms with Gasteiger partial charge >= 0.3 is 0 Å². The Bertz CT molecular complexity index is 753. The topological polar surface area (TPSA) is 112 Å². The van der Waals surface area contributed by atoms with Gasteiger partial charge < -0.3 is 16.3 Å². The highest BCUT2D eigenvalue weighted by Gasteiger charge is 2.54. The van der Waals surface area contributed by atoms with Gasteiger partial charge in [-0.3, -0.25) is 4.79 Å². The average molecular weight is 346 g/mol. The van der Waals surface area contributed by atoms with Crippen LogP contribution in [0, 0.1) is 5.41 Å². The van der Waals surface area contributed by atoms with Crippen molar-refractivity contribution in [1.82, 2.24) is 0 Å². The van der Waals surface area contributed by atoms with Crippen molar-refractivity contribution >= 4 is 63.4 Å². The lowest BCUT2D eigenvalue weighted by Gasteiger charge is -2.16. The highest BCUT2D eigenvalue weighted by atomic mass is 35.5. The Kier molecular flexibility index (Phi) is 3.39. The summed E-state index contributed by atoms with van der Waals surface area (Å²) in [6, 6.07) is 1.49. The smallest absolute Gasteiger partial charge is 0.238 e. The van der Waals surface area contributed by atoms with Gasteiger partial charge in [0.15, 0.2) is 5.84 Å². The van der Waals surface area contributed by atoms with Gasteiger partial charge in [-0.05, 0) is 18.9 Å². The van der Waals surface area contributed by atoms with Crippen LogP contribution in [0.5, 0.6) is 0 Å². The Morgan fingerprint density at radius 2 is 2.05 bits per heavy atom. The van der Waals surface area contributed by atoms with Crippen LogP contribution < -0.4 is 11.1 Å². The molecule has 0 bridgehead atoms.